The van der Waals surface area contributed by atoms with Gasteiger partial charge in [0.15, 0.2) is 5.78 Å². The molecule has 7 heteroatoms. The number of carbonyl (C=O) groups is 1. The summed E-state index contributed by atoms with van der Waals surface area (Å²) in [6, 6.07) is 2.07. The summed E-state index contributed by atoms with van der Waals surface area (Å²) in [6.07, 6.45) is -4.95. The molecule has 0 bridgehead atoms. The molecule has 0 N–H and O–H groups in total. The molecule has 1 rings (SSSR count). The Bertz CT molecular complexity index is 465. The predicted molar refractivity (Wildman–Crippen MR) is 52.8 cm³/mol. The van der Waals surface area contributed by atoms with Crippen LogP contribution in [0.25, 0.3) is 0 Å². The lowest BCUT2D eigenvalue weighted by Crippen LogP contribution is -2.17. The van der Waals surface area contributed by atoms with Gasteiger partial charge in [0.25, 0.3) is 0 Å². The molecule has 18 heavy (non-hydrogen) atoms. The van der Waals surface area contributed by atoms with Gasteiger partial charge in [-0.2, -0.15) is 22.0 Å². The smallest absolute Gasteiger partial charge is 0.420 e. The number of benzene rings is 1. The molecule has 0 radical (unpaired) electrons. The number of halogens is 5. The zero-order valence-electron chi connectivity index (χ0n) is 9.44. The first-order chi connectivity index (χ1) is 8.14. The summed E-state index contributed by atoms with van der Waals surface area (Å²) in [6.45, 7) is -1.28. The van der Waals surface area contributed by atoms with Crippen LogP contribution < -0.4 is 4.74 Å². The van der Waals surface area contributed by atoms with Crippen molar-refractivity contribution in [1.29, 1.82) is 0 Å². The van der Waals surface area contributed by atoms with Crippen molar-refractivity contribution in [1.82, 2.24) is 0 Å². The van der Waals surface area contributed by atoms with Crippen molar-refractivity contribution >= 4 is 5.78 Å². The van der Waals surface area contributed by atoms with E-state index in [0.29, 0.717) is 0 Å². The van der Waals surface area contributed by atoms with Crippen molar-refractivity contribution in [3.05, 3.63) is 28.8 Å². The highest BCUT2D eigenvalue weighted by molar-refractivity contribution is 5.96. The van der Waals surface area contributed by atoms with Gasteiger partial charge in [0.1, 0.15) is 11.3 Å². The van der Waals surface area contributed by atoms with Crippen LogP contribution in [0.3, 0.4) is 0 Å². The third-order valence-corrected chi connectivity index (χ3v) is 2.22. The van der Waals surface area contributed by atoms with Crippen LogP contribution in [0.4, 0.5) is 22.0 Å². The second kappa shape index (κ2) is 4.91. The topological polar surface area (TPSA) is 26.3 Å². The highest BCUT2D eigenvalue weighted by Gasteiger charge is 2.39. The lowest BCUT2D eigenvalue weighted by molar-refractivity contribution is -0.142. The van der Waals surface area contributed by atoms with Crippen LogP contribution in [0.1, 0.15) is 28.4 Å². The number of ether oxygens (including phenoxy) is 1. The van der Waals surface area contributed by atoms with E-state index in [1.807, 2.05) is 0 Å². The average molecular weight is 268 g/mol. The van der Waals surface area contributed by atoms with Gasteiger partial charge in [-0.15, -0.1) is 0 Å². The van der Waals surface area contributed by atoms with Gasteiger partial charge in [0.2, 0.25) is 0 Å². The predicted octanol–water partition coefficient (Wildman–Crippen LogP) is 3.82. The molecule has 0 saturated carbocycles. The number of Topliss-reactive ketones (excluding diaryl/α,β-unsaturated/α-hetero) is 1. The maximum Gasteiger partial charge on any atom is 0.420 e. The van der Waals surface area contributed by atoms with Gasteiger partial charge in [-0.25, -0.2) is 0 Å². The molecular formula is C11H9F5O2. The Kier molecular flexibility index (Phi) is 3.93. The normalized spacial score (nSPS) is 11.8. The Morgan fingerprint density at radius 1 is 1.28 bits per heavy atom. The van der Waals surface area contributed by atoms with Crippen LogP contribution in [0.15, 0.2) is 12.1 Å². The average Bonchev–Trinajstić information content (AvgIpc) is 2.17. The summed E-state index contributed by atoms with van der Waals surface area (Å²) in [7, 11) is 0. The van der Waals surface area contributed by atoms with Crippen molar-refractivity contribution in [3.63, 3.8) is 0 Å². The first kappa shape index (κ1) is 14.4. The zero-order chi connectivity index (χ0) is 14.1. The zero-order valence-corrected chi connectivity index (χ0v) is 9.44. The van der Waals surface area contributed by atoms with Crippen LogP contribution in [-0.4, -0.2) is 12.4 Å². The Labute approximate surface area is 99.4 Å². The van der Waals surface area contributed by atoms with Gasteiger partial charge in [-0.05, 0) is 19.4 Å². The molecule has 0 aliphatic heterocycles. The van der Waals surface area contributed by atoms with Crippen LogP contribution in [0.2, 0.25) is 0 Å². The molecule has 0 aliphatic carbocycles. The summed E-state index contributed by atoms with van der Waals surface area (Å²) in [5.41, 5.74) is -2.27. The molecule has 0 unspecified atom stereocenters. The monoisotopic (exact) mass is 268 g/mol. The first-order valence-electron chi connectivity index (χ1n) is 4.81. The lowest BCUT2D eigenvalue weighted by Gasteiger charge is -2.18. The van der Waals surface area contributed by atoms with Crippen molar-refractivity contribution < 1.29 is 31.5 Å². The van der Waals surface area contributed by atoms with E-state index in [2.05, 4.69) is 4.74 Å². The number of hydrogen-bond acceptors (Lipinski definition) is 2. The maximum atomic E-state index is 12.8. The van der Waals surface area contributed by atoms with E-state index in [1.54, 1.807) is 0 Å². The molecule has 1 aromatic rings. The van der Waals surface area contributed by atoms with Gasteiger partial charge >= 0.3 is 12.8 Å². The van der Waals surface area contributed by atoms with Gasteiger partial charge in [0, 0.05) is 5.56 Å². The molecule has 0 saturated heterocycles. The number of ketones is 1. The van der Waals surface area contributed by atoms with E-state index in [9.17, 15) is 26.7 Å². The fourth-order valence-electron chi connectivity index (χ4n) is 1.50. The van der Waals surface area contributed by atoms with Gasteiger partial charge < -0.3 is 4.74 Å². The molecule has 1 aromatic carbocycles. The third-order valence-electron chi connectivity index (χ3n) is 2.22. The molecule has 0 heterocycles. The quantitative estimate of drug-likeness (QED) is 0.615. The van der Waals surface area contributed by atoms with Gasteiger partial charge in [-0.3, -0.25) is 4.79 Å². The minimum Gasteiger partial charge on any atom is -0.434 e. The molecule has 0 fully saturated rings. The third kappa shape index (κ3) is 2.96. The fraction of sp³-hybridized carbons (Fsp3) is 0.364. The number of alkyl halides is 5. The molecule has 0 atom stereocenters. The number of hydrogen-bond donors (Lipinski definition) is 0. The highest BCUT2D eigenvalue weighted by atomic mass is 19.4. The largest absolute Gasteiger partial charge is 0.434 e. The van der Waals surface area contributed by atoms with Crippen molar-refractivity contribution in [3.8, 4) is 5.75 Å². The van der Waals surface area contributed by atoms with Crippen molar-refractivity contribution in [2.24, 2.45) is 0 Å². The van der Waals surface area contributed by atoms with Crippen LogP contribution >= 0.6 is 0 Å². The number of aryl methyl sites for hydroxylation is 1. The molecule has 0 aromatic heterocycles. The van der Waals surface area contributed by atoms with Crippen molar-refractivity contribution in [2.75, 3.05) is 0 Å². The molecular weight excluding hydrogens is 259 g/mol. The Balaban J connectivity index is 3.56. The molecule has 100 valence electrons. The van der Waals surface area contributed by atoms with E-state index in [0.717, 1.165) is 19.1 Å². The minimum atomic E-state index is -4.95. The van der Waals surface area contributed by atoms with E-state index in [1.165, 1.54) is 6.92 Å². The maximum absolute atomic E-state index is 12.8. The second-order valence-corrected chi connectivity index (χ2v) is 3.57. The van der Waals surface area contributed by atoms with Gasteiger partial charge in [0.05, 0.1) is 0 Å². The molecule has 0 spiro atoms. The van der Waals surface area contributed by atoms with E-state index < -0.39 is 35.4 Å². The SMILES string of the molecule is CC(=O)c1ccc(C)c(OC(F)F)c1C(F)(F)F. The van der Waals surface area contributed by atoms with Crippen LogP contribution in [0.5, 0.6) is 5.75 Å². The fourth-order valence-corrected chi connectivity index (χ4v) is 1.50. The van der Waals surface area contributed by atoms with Crippen LogP contribution in [0, 0.1) is 6.92 Å². The Morgan fingerprint density at radius 2 is 1.83 bits per heavy atom. The van der Waals surface area contributed by atoms with E-state index in [-0.39, 0.29) is 5.56 Å². The Hall–Kier alpha value is -1.66. The standard InChI is InChI=1S/C11H9F5O2/c1-5-3-4-7(6(2)17)8(11(14,15)16)9(5)18-10(12)13/h3-4,10H,1-2H3. The molecule has 0 amide bonds. The van der Waals surface area contributed by atoms with E-state index in [4.69, 9.17) is 0 Å². The number of rotatable bonds is 3. The Morgan fingerprint density at radius 3 is 2.22 bits per heavy atom. The summed E-state index contributed by atoms with van der Waals surface area (Å²) in [5, 5.41) is 0. The summed E-state index contributed by atoms with van der Waals surface area (Å²) >= 11 is 0. The second-order valence-electron chi connectivity index (χ2n) is 3.57. The minimum absolute atomic E-state index is 0.118. The summed E-state index contributed by atoms with van der Waals surface area (Å²) in [5.74, 6) is -1.88. The first-order valence-corrected chi connectivity index (χ1v) is 4.81. The molecule has 2 nitrogen and oxygen atoms in total. The molecule has 0 aliphatic rings. The van der Waals surface area contributed by atoms with Crippen molar-refractivity contribution in [2.45, 2.75) is 26.6 Å². The van der Waals surface area contributed by atoms with Gasteiger partial charge in [-0.1, -0.05) is 12.1 Å². The summed E-state index contributed by atoms with van der Waals surface area (Å²) < 4.78 is 66.6. The summed E-state index contributed by atoms with van der Waals surface area (Å²) in [4.78, 5) is 11.1. The lowest BCUT2D eigenvalue weighted by atomic mass is 9.99. The number of carbonyl (C=O) groups excluding carboxylic acids is 1. The van der Waals surface area contributed by atoms with E-state index >= 15 is 0 Å². The highest BCUT2D eigenvalue weighted by Crippen LogP contribution is 2.41. The van der Waals surface area contributed by atoms with Crippen LogP contribution in [-0.2, 0) is 6.18 Å².